The van der Waals surface area contributed by atoms with Crippen LogP contribution in [0.25, 0.3) is 5.57 Å². The van der Waals surface area contributed by atoms with Crippen LogP contribution in [0.1, 0.15) is 12.0 Å². The van der Waals surface area contributed by atoms with Crippen molar-refractivity contribution in [3.8, 4) is 0 Å². The van der Waals surface area contributed by atoms with Gasteiger partial charge in [-0.25, -0.2) is 17.6 Å². The Kier molecular flexibility index (Phi) is 2.92. The minimum absolute atomic E-state index is 0.0144. The van der Waals surface area contributed by atoms with Crippen molar-refractivity contribution in [1.29, 1.82) is 0 Å². The summed E-state index contributed by atoms with van der Waals surface area (Å²) >= 11 is 0. The lowest BCUT2D eigenvalue weighted by Crippen LogP contribution is -2.09. The van der Waals surface area contributed by atoms with E-state index in [-0.39, 0.29) is 23.3 Å². The Bertz CT molecular complexity index is 496. The highest BCUT2D eigenvalue weighted by Gasteiger charge is 2.22. The van der Waals surface area contributed by atoms with Gasteiger partial charge in [0.15, 0.2) is 17.5 Å². The summed E-state index contributed by atoms with van der Waals surface area (Å²) in [6.45, 7) is 0. The van der Waals surface area contributed by atoms with E-state index in [4.69, 9.17) is 5.11 Å². The number of alkyl halides is 1. The Morgan fingerprint density at radius 3 is 2.18 bits per heavy atom. The van der Waals surface area contributed by atoms with Gasteiger partial charge >= 0.3 is 0 Å². The first-order valence-corrected chi connectivity index (χ1v) is 4.87. The Labute approximate surface area is 94.7 Å². The molecule has 1 aliphatic rings. The molecular weight excluding hydrogens is 236 g/mol. The Morgan fingerprint density at radius 2 is 1.65 bits per heavy atom. The lowest BCUT2D eigenvalue weighted by molar-refractivity contribution is 0.321. The Balaban J connectivity index is 2.48. The number of allylic oxidation sites excluding steroid dienone is 4. The summed E-state index contributed by atoms with van der Waals surface area (Å²) < 4.78 is 52.2. The molecule has 1 aliphatic carbocycles. The van der Waals surface area contributed by atoms with Crippen LogP contribution in [0, 0.1) is 17.5 Å². The van der Waals surface area contributed by atoms with Crippen LogP contribution < -0.4 is 0 Å². The summed E-state index contributed by atoms with van der Waals surface area (Å²) in [5.74, 6) is -4.47. The predicted octanol–water partition coefficient (Wildman–Crippen LogP) is 3.67. The summed E-state index contributed by atoms with van der Waals surface area (Å²) in [5.41, 5.74) is -0.0572. The summed E-state index contributed by atoms with van der Waals surface area (Å²) in [4.78, 5) is 0. The van der Waals surface area contributed by atoms with Crippen LogP contribution in [0.15, 0.2) is 30.0 Å². The molecule has 1 aromatic carbocycles. The van der Waals surface area contributed by atoms with Crippen LogP contribution in [-0.4, -0.2) is 11.3 Å². The van der Waals surface area contributed by atoms with Gasteiger partial charge < -0.3 is 5.11 Å². The largest absolute Gasteiger partial charge is 0.512 e. The maximum absolute atomic E-state index is 13.5. The summed E-state index contributed by atoms with van der Waals surface area (Å²) in [5, 5.41) is 9.07. The van der Waals surface area contributed by atoms with Crippen LogP contribution in [0.2, 0.25) is 0 Å². The van der Waals surface area contributed by atoms with Gasteiger partial charge in [0.05, 0.1) is 5.76 Å². The van der Waals surface area contributed by atoms with Crippen LogP contribution >= 0.6 is 0 Å². The van der Waals surface area contributed by atoms with Gasteiger partial charge in [-0.05, 0) is 29.3 Å². The fourth-order valence-corrected chi connectivity index (χ4v) is 1.65. The third-order valence-electron chi connectivity index (χ3n) is 2.50. The smallest absolute Gasteiger partial charge is 0.194 e. The van der Waals surface area contributed by atoms with Crippen molar-refractivity contribution < 1.29 is 22.7 Å². The monoisotopic (exact) mass is 244 g/mol. The van der Waals surface area contributed by atoms with E-state index in [2.05, 4.69) is 0 Å². The molecule has 0 amide bonds. The molecule has 17 heavy (non-hydrogen) atoms. The number of aliphatic hydroxyl groups excluding tert-OH is 1. The van der Waals surface area contributed by atoms with Gasteiger partial charge in [-0.1, -0.05) is 6.08 Å². The number of halogens is 4. The van der Waals surface area contributed by atoms with E-state index >= 15 is 0 Å². The predicted molar refractivity (Wildman–Crippen MR) is 54.5 cm³/mol. The zero-order valence-corrected chi connectivity index (χ0v) is 8.55. The molecule has 1 N–H and O–H groups in total. The average Bonchev–Trinajstić information content (AvgIpc) is 2.25. The standard InChI is InChI=1S/C12H8F4O/c13-9-5-7(17)1-2-8(9)6-3-10(14)12(16)11(15)4-6/h1-4,9,17H,5H2. The number of hydrogen-bond acceptors (Lipinski definition) is 1. The van der Waals surface area contributed by atoms with Crippen LogP contribution in [0.5, 0.6) is 0 Å². The molecule has 0 saturated carbocycles. The molecule has 1 nitrogen and oxygen atoms in total. The van der Waals surface area contributed by atoms with Crippen molar-refractivity contribution in [3.63, 3.8) is 0 Å². The maximum atomic E-state index is 13.5. The van der Waals surface area contributed by atoms with Crippen LogP contribution in [0.4, 0.5) is 17.6 Å². The van der Waals surface area contributed by atoms with Crippen LogP contribution in [0.3, 0.4) is 0 Å². The second-order valence-corrected chi connectivity index (χ2v) is 3.71. The molecule has 0 aliphatic heterocycles. The molecular formula is C12H8F4O. The van der Waals surface area contributed by atoms with Gasteiger partial charge in [-0.2, -0.15) is 0 Å². The lowest BCUT2D eigenvalue weighted by atomic mass is 9.94. The van der Waals surface area contributed by atoms with Gasteiger partial charge in [0, 0.05) is 6.42 Å². The molecule has 0 spiro atoms. The highest BCUT2D eigenvalue weighted by Crippen LogP contribution is 2.30. The zero-order chi connectivity index (χ0) is 12.6. The molecule has 5 heteroatoms. The summed E-state index contributed by atoms with van der Waals surface area (Å²) in [7, 11) is 0. The van der Waals surface area contributed by atoms with E-state index in [9.17, 15) is 17.6 Å². The highest BCUT2D eigenvalue weighted by molar-refractivity contribution is 5.71. The molecule has 1 unspecified atom stereocenters. The Morgan fingerprint density at radius 1 is 1.06 bits per heavy atom. The van der Waals surface area contributed by atoms with Gasteiger partial charge in [0.2, 0.25) is 0 Å². The van der Waals surface area contributed by atoms with Crippen molar-refractivity contribution in [2.45, 2.75) is 12.6 Å². The van der Waals surface area contributed by atoms with Gasteiger partial charge in [0.1, 0.15) is 6.17 Å². The minimum atomic E-state index is -1.58. The highest BCUT2D eigenvalue weighted by atomic mass is 19.2. The molecule has 90 valence electrons. The average molecular weight is 244 g/mol. The second-order valence-electron chi connectivity index (χ2n) is 3.71. The summed E-state index contributed by atoms with van der Waals surface area (Å²) in [6.07, 6.45) is 0.636. The molecule has 0 saturated heterocycles. The quantitative estimate of drug-likeness (QED) is 0.590. The molecule has 1 atom stereocenters. The number of aliphatic hydroxyl groups is 1. The minimum Gasteiger partial charge on any atom is -0.512 e. The van der Waals surface area contributed by atoms with E-state index < -0.39 is 23.6 Å². The fourth-order valence-electron chi connectivity index (χ4n) is 1.65. The number of hydrogen-bond donors (Lipinski definition) is 1. The third kappa shape index (κ3) is 2.18. The first-order chi connectivity index (χ1) is 7.99. The van der Waals surface area contributed by atoms with Crippen molar-refractivity contribution in [2.24, 2.45) is 0 Å². The molecule has 1 aromatic rings. The lowest BCUT2D eigenvalue weighted by Gasteiger charge is -2.16. The Hall–Kier alpha value is -1.78. The van der Waals surface area contributed by atoms with E-state index in [0.29, 0.717) is 0 Å². The molecule has 0 fully saturated rings. The number of benzene rings is 1. The molecule has 0 bridgehead atoms. The maximum Gasteiger partial charge on any atom is 0.194 e. The SMILES string of the molecule is OC1=CC=C(c2cc(F)c(F)c(F)c2)C(F)C1. The first-order valence-electron chi connectivity index (χ1n) is 4.87. The van der Waals surface area contributed by atoms with Gasteiger partial charge in [0.25, 0.3) is 0 Å². The van der Waals surface area contributed by atoms with Crippen molar-refractivity contribution >= 4 is 5.57 Å². The van der Waals surface area contributed by atoms with E-state index in [1.165, 1.54) is 12.2 Å². The molecule has 2 rings (SSSR count). The van der Waals surface area contributed by atoms with Crippen molar-refractivity contribution in [1.82, 2.24) is 0 Å². The first kappa shape index (κ1) is 11.7. The molecule has 0 aromatic heterocycles. The fraction of sp³-hybridized carbons (Fsp3) is 0.167. The molecule has 0 radical (unpaired) electrons. The van der Waals surface area contributed by atoms with E-state index in [1.807, 2.05) is 0 Å². The third-order valence-corrected chi connectivity index (χ3v) is 2.50. The van der Waals surface area contributed by atoms with Crippen molar-refractivity contribution in [2.75, 3.05) is 0 Å². The van der Waals surface area contributed by atoms with E-state index in [0.717, 1.165) is 12.1 Å². The topological polar surface area (TPSA) is 20.2 Å². The van der Waals surface area contributed by atoms with E-state index in [1.54, 1.807) is 0 Å². The zero-order valence-electron chi connectivity index (χ0n) is 8.55. The normalized spacial score (nSPS) is 19.9. The van der Waals surface area contributed by atoms with Crippen LogP contribution in [-0.2, 0) is 0 Å². The van der Waals surface area contributed by atoms with Gasteiger partial charge in [-0.15, -0.1) is 0 Å². The summed E-state index contributed by atoms with van der Waals surface area (Å²) in [6, 6.07) is 1.46. The second kappa shape index (κ2) is 4.24. The van der Waals surface area contributed by atoms with Gasteiger partial charge in [-0.3, -0.25) is 0 Å². The molecule has 0 heterocycles. The number of rotatable bonds is 1. The van der Waals surface area contributed by atoms with Crippen molar-refractivity contribution in [3.05, 3.63) is 53.1 Å².